The van der Waals surface area contributed by atoms with E-state index in [0.717, 1.165) is 30.8 Å². The van der Waals surface area contributed by atoms with Gasteiger partial charge in [0.25, 0.3) is 0 Å². The smallest absolute Gasteiger partial charge is 0.404 e. The van der Waals surface area contributed by atoms with Crippen molar-refractivity contribution in [1.29, 1.82) is 0 Å². The molecule has 0 spiro atoms. The van der Waals surface area contributed by atoms with Crippen LogP contribution in [0.4, 0.5) is 4.79 Å². The summed E-state index contributed by atoms with van der Waals surface area (Å²) >= 11 is 6.08. The zero-order chi connectivity index (χ0) is 18.6. The van der Waals surface area contributed by atoms with E-state index in [2.05, 4.69) is 47.0 Å². The van der Waals surface area contributed by atoms with Gasteiger partial charge >= 0.3 is 6.09 Å². The second-order valence-corrected chi connectivity index (χ2v) is 7.47. The Morgan fingerprint density at radius 1 is 1.23 bits per heavy atom. The Labute approximate surface area is 159 Å². The molecule has 1 saturated carbocycles. The number of amides is 1. The van der Waals surface area contributed by atoms with Crippen molar-refractivity contribution in [3.05, 3.63) is 70.2 Å². The molecule has 0 saturated heterocycles. The zero-order valence-electron chi connectivity index (χ0n) is 15.0. The molecule has 2 aromatic carbocycles. The van der Waals surface area contributed by atoms with Gasteiger partial charge in [-0.2, -0.15) is 0 Å². The predicted molar refractivity (Wildman–Crippen MR) is 105 cm³/mol. The highest BCUT2D eigenvalue weighted by Gasteiger charge is 2.46. The molecule has 26 heavy (non-hydrogen) atoms. The van der Waals surface area contributed by atoms with Crippen molar-refractivity contribution >= 4 is 17.7 Å². The van der Waals surface area contributed by atoms with Crippen molar-refractivity contribution in [2.45, 2.75) is 37.1 Å². The lowest BCUT2D eigenvalue weighted by atomic mass is 9.56. The number of nitrogens with one attached hydrogen (secondary N) is 2. The molecular formula is C21H25ClN2O2. The van der Waals surface area contributed by atoms with Crippen LogP contribution in [-0.4, -0.2) is 24.8 Å². The van der Waals surface area contributed by atoms with Gasteiger partial charge < -0.3 is 15.7 Å². The highest BCUT2D eigenvalue weighted by Crippen LogP contribution is 2.53. The summed E-state index contributed by atoms with van der Waals surface area (Å²) in [4.78, 5) is 11.2. The van der Waals surface area contributed by atoms with Gasteiger partial charge in [-0.15, -0.1) is 0 Å². The first-order valence-corrected chi connectivity index (χ1v) is 9.39. The van der Waals surface area contributed by atoms with Crippen LogP contribution in [0, 0.1) is 0 Å². The molecule has 0 aliphatic heterocycles. The van der Waals surface area contributed by atoms with Crippen LogP contribution < -0.4 is 10.6 Å². The van der Waals surface area contributed by atoms with Gasteiger partial charge in [-0.25, -0.2) is 4.79 Å². The number of carboxylic acid groups (broad SMARTS) is 1. The second kappa shape index (κ2) is 8.11. The van der Waals surface area contributed by atoms with E-state index in [1.165, 1.54) is 16.7 Å². The molecule has 1 aliphatic rings. The molecule has 138 valence electrons. The Morgan fingerprint density at radius 3 is 2.54 bits per heavy atom. The quantitative estimate of drug-likeness (QED) is 0.669. The minimum Gasteiger partial charge on any atom is -0.465 e. The van der Waals surface area contributed by atoms with Crippen LogP contribution in [0.25, 0.3) is 0 Å². The van der Waals surface area contributed by atoms with E-state index in [0.29, 0.717) is 6.54 Å². The van der Waals surface area contributed by atoms with Crippen LogP contribution in [0.15, 0.2) is 48.5 Å². The fraction of sp³-hybridized carbons (Fsp3) is 0.381. The monoisotopic (exact) mass is 372 g/mol. The van der Waals surface area contributed by atoms with Gasteiger partial charge in [-0.05, 0) is 48.7 Å². The molecule has 0 radical (unpaired) electrons. The van der Waals surface area contributed by atoms with Crippen molar-refractivity contribution in [3.63, 3.8) is 0 Å². The summed E-state index contributed by atoms with van der Waals surface area (Å²) in [6, 6.07) is 16.5. The number of carbonyl (C=O) groups is 1. The van der Waals surface area contributed by atoms with E-state index in [4.69, 9.17) is 11.6 Å². The van der Waals surface area contributed by atoms with E-state index >= 15 is 0 Å². The van der Waals surface area contributed by atoms with Gasteiger partial charge in [-0.1, -0.05) is 54.4 Å². The maximum atomic E-state index is 11.2. The van der Waals surface area contributed by atoms with Crippen molar-refractivity contribution in [2.75, 3.05) is 13.6 Å². The molecule has 5 heteroatoms. The number of halogens is 1. The fourth-order valence-electron chi connectivity index (χ4n) is 4.12. The molecule has 1 amide bonds. The summed E-state index contributed by atoms with van der Waals surface area (Å²) < 4.78 is 0. The highest BCUT2D eigenvalue weighted by atomic mass is 35.5. The Balaban J connectivity index is 2.00. The van der Waals surface area contributed by atoms with Crippen molar-refractivity contribution < 1.29 is 9.90 Å². The third-order valence-corrected chi connectivity index (χ3v) is 5.78. The topological polar surface area (TPSA) is 61.4 Å². The average Bonchev–Trinajstić information content (AvgIpc) is 2.58. The Bertz CT molecular complexity index is 757. The molecule has 1 fully saturated rings. The molecule has 1 aliphatic carbocycles. The maximum absolute atomic E-state index is 11.2. The Morgan fingerprint density at radius 2 is 1.96 bits per heavy atom. The van der Waals surface area contributed by atoms with Gasteiger partial charge in [0.2, 0.25) is 0 Å². The van der Waals surface area contributed by atoms with Crippen molar-refractivity contribution in [3.8, 4) is 0 Å². The molecule has 1 atom stereocenters. The lowest BCUT2D eigenvalue weighted by Crippen LogP contribution is -2.45. The molecule has 4 nitrogen and oxygen atoms in total. The Kier molecular flexibility index (Phi) is 5.84. The third-order valence-electron chi connectivity index (χ3n) is 5.52. The number of hydrogen-bond acceptors (Lipinski definition) is 2. The van der Waals surface area contributed by atoms with Crippen LogP contribution in [0.2, 0.25) is 5.02 Å². The standard InChI is InChI=1S/C21H25ClN2O2/c1-23-13-15-4-2-5-16(12-15)19(14-24-20(25)26)21(10-3-11-21)17-6-8-18(22)9-7-17/h2,4-9,12,19,23-24H,3,10-11,13-14H2,1H3,(H,25,26). The van der Waals surface area contributed by atoms with Crippen molar-refractivity contribution in [2.24, 2.45) is 0 Å². The van der Waals surface area contributed by atoms with Gasteiger partial charge in [0.15, 0.2) is 0 Å². The van der Waals surface area contributed by atoms with E-state index < -0.39 is 6.09 Å². The minimum atomic E-state index is -0.980. The lowest BCUT2D eigenvalue weighted by Gasteiger charge is -2.49. The number of hydrogen-bond donors (Lipinski definition) is 3. The lowest BCUT2D eigenvalue weighted by molar-refractivity contribution is 0.173. The highest BCUT2D eigenvalue weighted by molar-refractivity contribution is 6.30. The van der Waals surface area contributed by atoms with E-state index in [1.807, 2.05) is 19.2 Å². The second-order valence-electron chi connectivity index (χ2n) is 7.03. The van der Waals surface area contributed by atoms with Gasteiger partial charge in [0.05, 0.1) is 0 Å². The number of benzene rings is 2. The summed E-state index contributed by atoms with van der Waals surface area (Å²) in [6.45, 7) is 1.20. The molecule has 3 rings (SSSR count). The van der Waals surface area contributed by atoms with Crippen LogP contribution in [0.3, 0.4) is 0 Å². The number of rotatable bonds is 7. The normalized spacial score (nSPS) is 16.5. The van der Waals surface area contributed by atoms with Crippen molar-refractivity contribution in [1.82, 2.24) is 10.6 Å². The summed E-state index contributed by atoms with van der Waals surface area (Å²) in [7, 11) is 1.93. The summed E-state index contributed by atoms with van der Waals surface area (Å²) in [5.74, 6) is 0.0883. The minimum absolute atomic E-state index is 0.0503. The molecule has 3 N–H and O–H groups in total. The van der Waals surface area contributed by atoms with Gasteiger partial charge in [0, 0.05) is 29.4 Å². The molecule has 2 aromatic rings. The predicted octanol–water partition coefficient (Wildman–Crippen LogP) is 4.53. The summed E-state index contributed by atoms with van der Waals surface area (Å²) in [6.07, 6.45) is 2.28. The fourth-order valence-corrected chi connectivity index (χ4v) is 4.25. The van der Waals surface area contributed by atoms with Gasteiger partial charge in [0.1, 0.15) is 0 Å². The molecule has 0 aromatic heterocycles. The van der Waals surface area contributed by atoms with Crippen LogP contribution >= 0.6 is 11.6 Å². The molecule has 0 heterocycles. The van der Waals surface area contributed by atoms with E-state index in [9.17, 15) is 9.90 Å². The van der Waals surface area contributed by atoms with E-state index in [1.54, 1.807) is 0 Å². The first kappa shape index (κ1) is 18.7. The molecular weight excluding hydrogens is 348 g/mol. The summed E-state index contributed by atoms with van der Waals surface area (Å²) in [5, 5.41) is 15.7. The van der Waals surface area contributed by atoms with Crippen LogP contribution in [-0.2, 0) is 12.0 Å². The van der Waals surface area contributed by atoms with Gasteiger partial charge in [-0.3, -0.25) is 0 Å². The third kappa shape index (κ3) is 3.87. The molecule has 0 bridgehead atoms. The maximum Gasteiger partial charge on any atom is 0.404 e. The largest absolute Gasteiger partial charge is 0.465 e. The van der Waals surface area contributed by atoms with E-state index in [-0.39, 0.29) is 11.3 Å². The average molecular weight is 373 g/mol. The first-order chi connectivity index (χ1) is 12.5. The Hall–Kier alpha value is -2.04. The zero-order valence-corrected chi connectivity index (χ0v) is 15.7. The first-order valence-electron chi connectivity index (χ1n) is 9.01. The van der Waals surface area contributed by atoms with Crippen LogP contribution in [0.1, 0.15) is 41.9 Å². The molecule has 1 unspecified atom stereocenters. The SMILES string of the molecule is CNCc1cccc(C(CNC(=O)O)C2(c3ccc(Cl)cc3)CCC2)c1. The van der Waals surface area contributed by atoms with Crippen LogP contribution in [0.5, 0.6) is 0 Å². The summed E-state index contributed by atoms with van der Waals surface area (Å²) in [5.41, 5.74) is 3.58.